The predicted molar refractivity (Wildman–Crippen MR) is 73.0 cm³/mol. The van der Waals surface area contributed by atoms with Crippen molar-refractivity contribution in [3.63, 3.8) is 0 Å². The third kappa shape index (κ3) is 2.78. The summed E-state index contributed by atoms with van der Waals surface area (Å²) in [5.41, 5.74) is 0.599. The third-order valence-corrected chi connectivity index (χ3v) is 5.88. The number of rotatable bonds is 3. The molecule has 0 N–H and O–H groups in total. The molecule has 6 heteroatoms. The second-order valence-corrected chi connectivity index (χ2v) is 7.35. The first-order valence-electron chi connectivity index (χ1n) is 6.20. The lowest BCUT2D eigenvalue weighted by atomic mass is 10.0. The van der Waals surface area contributed by atoms with Gasteiger partial charge in [0.05, 0.1) is 0 Å². The van der Waals surface area contributed by atoms with Crippen molar-refractivity contribution in [2.24, 2.45) is 11.8 Å². The molecule has 0 aromatic heterocycles. The van der Waals surface area contributed by atoms with Crippen LogP contribution in [0, 0.1) is 17.7 Å². The Morgan fingerprint density at radius 3 is 2.42 bits per heavy atom. The maximum absolute atomic E-state index is 13.8. The third-order valence-electron chi connectivity index (χ3n) is 3.72. The lowest BCUT2D eigenvalue weighted by Crippen LogP contribution is -2.29. The predicted octanol–water partition coefficient (Wildman–Crippen LogP) is 2.84. The van der Waals surface area contributed by atoms with Crippen LogP contribution in [0.1, 0.15) is 19.4 Å². The zero-order valence-electron chi connectivity index (χ0n) is 10.9. The van der Waals surface area contributed by atoms with Crippen molar-refractivity contribution in [1.29, 1.82) is 0 Å². The van der Waals surface area contributed by atoms with Crippen LogP contribution in [-0.2, 0) is 15.9 Å². The van der Waals surface area contributed by atoms with Crippen LogP contribution < -0.4 is 0 Å². The summed E-state index contributed by atoms with van der Waals surface area (Å²) in [5, 5.41) is 0. The summed E-state index contributed by atoms with van der Waals surface area (Å²) in [6.45, 7) is 4.89. The number of benzene rings is 1. The van der Waals surface area contributed by atoms with Crippen molar-refractivity contribution in [2.45, 2.75) is 24.6 Å². The smallest absolute Gasteiger partial charge is 0.207 e. The topological polar surface area (TPSA) is 37.4 Å². The molecule has 1 aliphatic heterocycles. The Morgan fingerprint density at radius 1 is 1.32 bits per heavy atom. The van der Waals surface area contributed by atoms with Crippen molar-refractivity contribution in [1.82, 2.24) is 4.31 Å². The van der Waals surface area contributed by atoms with E-state index in [-0.39, 0.29) is 22.6 Å². The summed E-state index contributed by atoms with van der Waals surface area (Å²) in [5.74, 6) is 0.0134. The number of hydrogen-bond acceptors (Lipinski definition) is 2. The van der Waals surface area contributed by atoms with Gasteiger partial charge in [0.25, 0.3) is 0 Å². The molecule has 3 nitrogen and oxygen atoms in total. The Bertz CT molecular complexity index is 566. The molecule has 1 fully saturated rings. The fourth-order valence-corrected chi connectivity index (χ4v) is 4.16. The van der Waals surface area contributed by atoms with Crippen LogP contribution in [-0.4, -0.2) is 25.8 Å². The first kappa shape index (κ1) is 14.8. The van der Waals surface area contributed by atoms with Gasteiger partial charge in [0.15, 0.2) is 0 Å². The van der Waals surface area contributed by atoms with Gasteiger partial charge in [-0.15, -0.1) is 11.6 Å². The Labute approximate surface area is 118 Å². The second-order valence-electron chi connectivity index (χ2n) is 5.17. The Morgan fingerprint density at radius 2 is 1.89 bits per heavy atom. The highest BCUT2D eigenvalue weighted by atomic mass is 35.5. The van der Waals surface area contributed by atoms with Crippen molar-refractivity contribution in [3.05, 3.63) is 29.6 Å². The number of nitrogens with zero attached hydrogens (tertiary/aromatic N) is 1. The van der Waals surface area contributed by atoms with E-state index in [1.54, 1.807) is 0 Å². The number of sulfonamides is 1. The minimum atomic E-state index is -3.77. The van der Waals surface area contributed by atoms with Gasteiger partial charge in [-0.05, 0) is 29.5 Å². The lowest BCUT2D eigenvalue weighted by molar-refractivity contribution is 0.456. The highest BCUT2D eigenvalue weighted by Crippen LogP contribution is 2.29. The molecule has 0 radical (unpaired) electrons. The molecule has 1 aromatic carbocycles. The van der Waals surface area contributed by atoms with Gasteiger partial charge in [-0.2, -0.15) is 4.31 Å². The van der Waals surface area contributed by atoms with E-state index in [2.05, 4.69) is 0 Å². The SMILES string of the molecule is CC1CN(S(=O)(=O)c2cc(CCl)ccc2F)CC1C. The van der Waals surface area contributed by atoms with E-state index in [0.717, 1.165) is 6.07 Å². The number of halogens is 2. The van der Waals surface area contributed by atoms with E-state index in [1.165, 1.54) is 16.4 Å². The molecule has 19 heavy (non-hydrogen) atoms. The molecule has 2 unspecified atom stereocenters. The summed E-state index contributed by atoms with van der Waals surface area (Å²) in [7, 11) is -3.77. The van der Waals surface area contributed by atoms with Crippen molar-refractivity contribution >= 4 is 21.6 Å². The second kappa shape index (κ2) is 5.38. The first-order valence-corrected chi connectivity index (χ1v) is 8.18. The molecule has 0 saturated carbocycles. The normalized spacial score (nSPS) is 24.8. The van der Waals surface area contributed by atoms with Gasteiger partial charge in [0.1, 0.15) is 10.7 Å². The molecule has 0 aliphatic carbocycles. The van der Waals surface area contributed by atoms with Crippen LogP contribution in [0.2, 0.25) is 0 Å². The van der Waals surface area contributed by atoms with Crippen molar-refractivity contribution in [3.8, 4) is 0 Å². The van der Waals surface area contributed by atoms with Gasteiger partial charge >= 0.3 is 0 Å². The molecular weight excluding hydrogens is 289 g/mol. The molecule has 0 spiro atoms. The van der Waals surface area contributed by atoms with Gasteiger partial charge in [0.2, 0.25) is 10.0 Å². The summed E-state index contributed by atoms with van der Waals surface area (Å²) >= 11 is 5.68. The van der Waals surface area contributed by atoms with E-state index in [9.17, 15) is 12.8 Å². The molecule has 106 valence electrons. The summed E-state index contributed by atoms with van der Waals surface area (Å²) in [6.07, 6.45) is 0. The number of alkyl halides is 1. The lowest BCUT2D eigenvalue weighted by Gasteiger charge is -2.17. The van der Waals surface area contributed by atoms with Gasteiger partial charge in [-0.1, -0.05) is 19.9 Å². The molecule has 1 heterocycles. The van der Waals surface area contributed by atoms with Crippen LogP contribution in [0.25, 0.3) is 0 Å². The van der Waals surface area contributed by atoms with E-state index in [4.69, 9.17) is 11.6 Å². The van der Waals surface area contributed by atoms with Crippen LogP contribution in [0.15, 0.2) is 23.1 Å². The Hall–Kier alpha value is -0.650. The number of hydrogen-bond donors (Lipinski definition) is 0. The zero-order valence-corrected chi connectivity index (χ0v) is 12.5. The highest BCUT2D eigenvalue weighted by molar-refractivity contribution is 7.89. The Balaban J connectivity index is 2.40. The van der Waals surface area contributed by atoms with Crippen molar-refractivity contribution in [2.75, 3.05) is 13.1 Å². The minimum Gasteiger partial charge on any atom is -0.207 e. The molecule has 2 atom stereocenters. The molecule has 0 amide bonds. The average molecular weight is 306 g/mol. The molecule has 1 aromatic rings. The maximum atomic E-state index is 13.8. The standard InChI is InChI=1S/C13H17ClFNO2S/c1-9-7-16(8-10(9)2)19(17,18)13-5-11(6-14)3-4-12(13)15/h3-5,9-10H,6-8H2,1-2H3. The quantitative estimate of drug-likeness (QED) is 0.805. The van der Waals surface area contributed by atoms with Crippen LogP contribution in [0.5, 0.6) is 0 Å². The molecule has 0 bridgehead atoms. The zero-order chi connectivity index (χ0) is 14.2. The summed E-state index contributed by atoms with van der Waals surface area (Å²) in [6, 6.07) is 3.98. The largest absolute Gasteiger partial charge is 0.246 e. The van der Waals surface area contributed by atoms with Crippen LogP contribution >= 0.6 is 11.6 Å². The van der Waals surface area contributed by atoms with E-state index < -0.39 is 15.8 Å². The summed E-state index contributed by atoms with van der Waals surface area (Å²) in [4.78, 5) is -0.271. The van der Waals surface area contributed by atoms with Crippen molar-refractivity contribution < 1.29 is 12.8 Å². The fourth-order valence-electron chi connectivity index (χ4n) is 2.24. The molecule has 2 rings (SSSR count). The van der Waals surface area contributed by atoms with Gasteiger partial charge in [0, 0.05) is 19.0 Å². The van der Waals surface area contributed by atoms with Gasteiger partial charge in [-0.25, -0.2) is 12.8 Å². The maximum Gasteiger partial charge on any atom is 0.246 e. The van der Waals surface area contributed by atoms with E-state index in [0.29, 0.717) is 18.7 Å². The van der Waals surface area contributed by atoms with E-state index >= 15 is 0 Å². The molecule has 1 aliphatic rings. The van der Waals surface area contributed by atoms with Gasteiger partial charge in [-0.3, -0.25) is 0 Å². The van der Waals surface area contributed by atoms with Crippen LogP contribution in [0.3, 0.4) is 0 Å². The van der Waals surface area contributed by atoms with E-state index in [1.807, 2.05) is 13.8 Å². The van der Waals surface area contributed by atoms with Crippen LogP contribution in [0.4, 0.5) is 4.39 Å². The molecular formula is C13H17ClFNO2S. The monoisotopic (exact) mass is 305 g/mol. The van der Waals surface area contributed by atoms with Gasteiger partial charge < -0.3 is 0 Å². The first-order chi connectivity index (χ1) is 8.86. The minimum absolute atomic E-state index is 0.162. The average Bonchev–Trinajstić information content (AvgIpc) is 2.71. The fraction of sp³-hybridized carbons (Fsp3) is 0.538. The highest BCUT2D eigenvalue weighted by Gasteiger charge is 2.36. The Kier molecular flexibility index (Phi) is 4.18. The molecule has 1 saturated heterocycles. The summed E-state index contributed by atoms with van der Waals surface area (Å²) < 4.78 is 40.1.